The van der Waals surface area contributed by atoms with Gasteiger partial charge < -0.3 is 4.90 Å². The van der Waals surface area contributed by atoms with Gasteiger partial charge in [0.15, 0.2) is 5.13 Å². The highest BCUT2D eigenvalue weighted by Gasteiger charge is 2.42. The molecule has 0 N–H and O–H groups in total. The average Bonchev–Trinajstić information content (AvgIpc) is 3.44. The fraction of sp³-hybridized carbons (Fsp3) is 0.350. The number of carbonyl (C=O) groups excluding carboxylic acids is 2. The van der Waals surface area contributed by atoms with Gasteiger partial charge in [-0.05, 0) is 23.6 Å². The zero-order valence-corrected chi connectivity index (χ0v) is 16.9. The second-order valence-corrected chi connectivity index (χ2v) is 9.15. The van der Waals surface area contributed by atoms with E-state index in [-0.39, 0.29) is 17.9 Å². The lowest BCUT2D eigenvalue weighted by Crippen LogP contribution is -2.52. The minimum absolute atomic E-state index is 0.0492. The molecule has 0 bridgehead atoms. The molecule has 2 saturated heterocycles. The number of hydrogen-bond donors (Lipinski definition) is 0. The van der Waals surface area contributed by atoms with Gasteiger partial charge in [-0.15, -0.1) is 11.3 Å². The Morgan fingerprint density at radius 3 is 2.61 bits per heavy atom. The number of amides is 2. The molecule has 2 fully saturated rings. The molecule has 0 radical (unpaired) electrons. The molecule has 28 heavy (non-hydrogen) atoms. The first-order chi connectivity index (χ1) is 13.7. The normalized spacial score (nSPS) is 21.2. The van der Waals surface area contributed by atoms with Crippen LogP contribution in [0.3, 0.4) is 0 Å². The van der Waals surface area contributed by atoms with E-state index in [1.54, 1.807) is 22.7 Å². The van der Waals surface area contributed by atoms with Crippen molar-refractivity contribution in [2.75, 3.05) is 31.1 Å². The summed E-state index contributed by atoms with van der Waals surface area (Å²) in [7, 11) is 0. The van der Waals surface area contributed by atoms with Crippen molar-refractivity contribution in [2.45, 2.75) is 19.0 Å². The van der Waals surface area contributed by atoms with Gasteiger partial charge in [-0.2, -0.15) is 0 Å². The van der Waals surface area contributed by atoms with Crippen LogP contribution >= 0.6 is 22.7 Å². The number of aromatic nitrogens is 1. The Labute approximate surface area is 171 Å². The second kappa shape index (κ2) is 7.27. The molecular formula is C20H20N4O2S2. The molecule has 0 spiro atoms. The first-order valence-electron chi connectivity index (χ1n) is 9.40. The lowest BCUT2D eigenvalue weighted by molar-refractivity contribution is -0.140. The number of fused-ring (bicyclic) bond motifs is 1. The van der Waals surface area contributed by atoms with Crippen LogP contribution in [0.2, 0.25) is 0 Å². The van der Waals surface area contributed by atoms with Gasteiger partial charge >= 0.3 is 0 Å². The molecular weight excluding hydrogens is 392 g/mol. The van der Waals surface area contributed by atoms with E-state index in [0.29, 0.717) is 13.0 Å². The summed E-state index contributed by atoms with van der Waals surface area (Å²) in [5.74, 6) is -0.108. The number of likely N-dealkylation sites (tertiary alicyclic amines) is 1. The average molecular weight is 413 g/mol. The minimum atomic E-state index is -0.315. The van der Waals surface area contributed by atoms with Gasteiger partial charge in [0.2, 0.25) is 11.8 Å². The number of nitrogens with zero attached hydrogens (tertiary/aromatic N) is 4. The van der Waals surface area contributed by atoms with E-state index in [9.17, 15) is 9.59 Å². The molecule has 1 aromatic carbocycles. The summed E-state index contributed by atoms with van der Waals surface area (Å²) in [6.07, 6.45) is 0.297. The fourth-order valence-electron chi connectivity index (χ4n) is 3.90. The predicted molar refractivity (Wildman–Crippen MR) is 112 cm³/mol. The monoisotopic (exact) mass is 412 g/mol. The van der Waals surface area contributed by atoms with Crippen molar-refractivity contribution in [3.63, 3.8) is 0 Å². The third-order valence-electron chi connectivity index (χ3n) is 5.42. The first kappa shape index (κ1) is 17.8. The zero-order chi connectivity index (χ0) is 19.1. The van der Waals surface area contributed by atoms with Gasteiger partial charge in [-0.3, -0.25) is 19.4 Å². The molecule has 2 amide bonds. The molecule has 0 aliphatic carbocycles. The first-order valence-corrected chi connectivity index (χ1v) is 11.1. The lowest BCUT2D eigenvalue weighted by atomic mass is 10.2. The summed E-state index contributed by atoms with van der Waals surface area (Å²) in [5.41, 5.74) is 1.03. The highest BCUT2D eigenvalue weighted by atomic mass is 32.1. The van der Waals surface area contributed by atoms with E-state index in [4.69, 9.17) is 4.98 Å². The Hall–Kier alpha value is -2.29. The maximum atomic E-state index is 12.9. The van der Waals surface area contributed by atoms with E-state index < -0.39 is 0 Å². The second-order valence-electron chi connectivity index (χ2n) is 7.10. The van der Waals surface area contributed by atoms with Crippen LogP contribution in [0.15, 0.2) is 41.8 Å². The number of thiazole rings is 1. The summed E-state index contributed by atoms with van der Waals surface area (Å²) in [6, 6.07) is 11.8. The van der Waals surface area contributed by atoms with E-state index in [1.165, 1.54) is 9.60 Å². The molecule has 2 aliphatic rings. The molecule has 0 unspecified atom stereocenters. The van der Waals surface area contributed by atoms with E-state index in [2.05, 4.69) is 15.9 Å². The highest BCUT2D eigenvalue weighted by Crippen LogP contribution is 2.30. The van der Waals surface area contributed by atoms with Crippen LogP contribution in [-0.4, -0.2) is 58.8 Å². The summed E-state index contributed by atoms with van der Waals surface area (Å²) >= 11 is 3.29. The number of rotatable bonds is 4. The predicted octanol–water partition coefficient (Wildman–Crippen LogP) is 2.81. The number of hydrogen-bond acceptors (Lipinski definition) is 7. The Balaban J connectivity index is 1.24. The van der Waals surface area contributed by atoms with Crippen molar-refractivity contribution in [3.05, 3.63) is 46.7 Å². The molecule has 144 valence electrons. The third-order valence-corrected chi connectivity index (χ3v) is 7.38. The Bertz CT molecular complexity index is 975. The SMILES string of the molecule is O=C1C[C@@H](N2CCN(c3nc4ccccc4s3)CC2)C(=O)N1Cc1cccs1. The molecule has 4 heterocycles. The van der Waals surface area contributed by atoms with Crippen molar-refractivity contribution in [1.82, 2.24) is 14.8 Å². The number of imide groups is 1. The maximum absolute atomic E-state index is 12.9. The molecule has 0 saturated carbocycles. The fourth-order valence-corrected chi connectivity index (χ4v) is 5.61. The van der Waals surface area contributed by atoms with Gasteiger partial charge in [0.05, 0.1) is 29.2 Å². The smallest absolute Gasteiger partial charge is 0.247 e. The molecule has 8 heteroatoms. The Morgan fingerprint density at radius 2 is 1.86 bits per heavy atom. The zero-order valence-electron chi connectivity index (χ0n) is 15.3. The Morgan fingerprint density at radius 1 is 1.04 bits per heavy atom. The van der Waals surface area contributed by atoms with Crippen molar-refractivity contribution in [2.24, 2.45) is 0 Å². The largest absolute Gasteiger partial charge is 0.345 e. The molecule has 1 atom stereocenters. The van der Waals surface area contributed by atoms with Crippen molar-refractivity contribution in [3.8, 4) is 0 Å². The summed E-state index contributed by atoms with van der Waals surface area (Å²) in [5, 5.41) is 3.01. The number of piperazine rings is 1. The molecule has 2 aromatic heterocycles. The summed E-state index contributed by atoms with van der Waals surface area (Å²) in [6.45, 7) is 3.59. The summed E-state index contributed by atoms with van der Waals surface area (Å²) in [4.78, 5) is 36.9. The number of anilines is 1. The highest BCUT2D eigenvalue weighted by molar-refractivity contribution is 7.22. The van der Waals surface area contributed by atoms with Crippen molar-refractivity contribution >= 4 is 49.8 Å². The van der Waals surface area contributed by atoms with E-state index >= 15 is 0 Å². The van der Waals surface area contributed by atoms with Crippen LogP contribution in [0.25, 0.3) is 10.2 Å². The number of benzene rings is 1. The van der Waals surface area contributed by atoms with Gasteiger partial charge in [-0.1, -0.05) is 29.5 Å². The van der Waals surface area contributed by atoms with Crippen molar-refractivity contribution < 1.29 is 9.59 Å². The third kappa shape index (κ3) is 3.21. The minimum Gasteiger partial charge on any atom is -0.345 e. The molecule has 2 aliphatic heterocycles. The maximum Gasteiger partial charge on any atom is 0.247 e. The molecule has 5 rings (SSSR count). The van der Waals surface area contributed by atoms with Gasteiger partial charge in [-0.25, -0.2) is 4.98 Å². The topological polar surface area (TPSA) is 56.8 Å². The van der Waals surface area contributed by atoms with Crippen LogP contribution in [0, 0.1) is 0 Å². The number of carbonyl (C=O) groups is 2. The van der Waals surface area contributed by atoms with Crippen LogP contribution in [0.1, 0.15) is 11.3 Å². The van der Waals surface area contributed by atoms with E-state index in [1.807, 2.05) is 35.7 Å². The number of thiophene rings is 1. The van der Waals surface area contributed by atoms with Crippen LogP contribution < -0.4 is 4.90 Å². The van der Waals surface area contributed by atoms with Gasteiger partial charge in [0, 0.05) is 31.1 Å². The lowest BCUT2D eigenvalue weighted by Gasteiger charge is -2.36. The molecule has 3 aromatic rings. The van der Waals surface area contributed by atoms with Crippen molar-refractivity contribution in [1.29, 1.82) is 0 Å². The number of para-hydroxylation sites is 1. The summed E-state index contributed by atoms with van der Waals surface area (Å²) < 4.78 is 1.20. The standard InChI is InChI=1S/C20H20N4O2S2/c25-18-12-16(19(26)24(18)13-14-4-3-11-27-14)22-7-9-23(10-8-22)20-21-15-5-1-2-6-17(15)28-20/h1-6,11,16H,7-10,12-13H2/t16-/m1/s1. The Kier molecular flexibility index (Phi) is 4.62. The van der Waals surface area contributed by atoms with Crippen LogP contribution in [-0.2, 0) is 16.1 Å². The van der Waals surface area contributed by atoms with Crippen LogP contribution in [0.5, 0.6) is 0 Å². The van der Waals surface area contributed by atoms with E-state index in [0.717, 1.165) is 41.7 Å². The van der Waals surface area contributed by atoms with Gasteiger partial charge in [0.25, 0.3) is 0 Å². The van der Waals surface area contributed by atoms with Gasteiger partial charge in [0.1, 0.15) is 0 Å². The van der Waals surface area contributed by atoms with Crippen LogP contribution in [0.4, 0.5) is 5.13 Å². The quantitative estimate of drug-likeness (QED) is 0.617. The molecule has 6 nitrogen and oxygen atoms in total.